The van der Waals surface area contributed by atoms with Crippen molar-refractivity contribution in [1.82, 2.24) is 0 Å². The summed E-state index contributed by atoms with van der Waals surface area (Å²) < 4.78 is 20.1. The van der Waals surface area contributed by atoms with Crippen molar-refractivity contribution in [2.75, 3.05) is 7.11 Å². The lowest BCUT2D eigenvalue weighted by molar-refractivity contribution is 0.00578. The minimum Gasteiger partial charge on any atom is -0.412 e. The molecular weight excluding hydrogens is 387 g/mol. The average molecular weight is 424 g/mol. The van der Waals surface area contributed by atoms with Crippen LogP contribution in [0.15, 0.2) is 24.3 Å². The Labute approximate surface area is 184 Å². The van der Waals surface area contributed by atoms with Gasteiger partial charge in [-0.2, -0.15) is 0 Å². The van der Waals surface area contributed by atoms with Gasteiger partial charge in [0.15, 0.2) is 0 Å². The van der Waals surface area contributed by atoms with Crippen LogP contribution in [0, 0.1) is 41.5 Å². The Morgan fingerprint density at radius 1 is 0.667 bits per heavy atom. The zero-order chi connectivity index (χ0) is 22.6. The second-order valence-corrected chi connectivity index (χ2v) is 13.4. The Morgan fingerprint density at radius 2 is 0.967 bits per heavy atom. The van der Waals surface area contributed by atoms with E-state index in [2.05, 4.69) is 93.5 Å². The predicted octanol–water partition coefficient (Wildman–Crippen LogP) is 4.41. The van der Waals surface area contributed by atoms with Gasteiger partial charge in [0, 0.05) is 7.11 Å². The molecule has 1 fully saturated rings. The lowest BCUT2D eigenvalue weighted by Crippen LogP contribution is -2.74. The van der Waals surface area contributed by atoms with Crippen LogP contribution in [0.2, 0.25) is 0 Å². The van der Waals surface area contributed by atoms with Crippen molar-refractivity contribution in [2.24, 2.45) is 0 Å². The van der Waals surface area contributed by atoms with Gasteiger partial charge in [0.2, 0.25) is 0 Å². The summed E-state index contributed by atoms with van der Waals surface area (Å²) in [6, 6.07) is 9.03. The summed E-state index contributed by atoms with van der Waals surface area (Å²) in [5, 5.41) is 2.54. The molecule has 0 unspecified atom stereocenters. The molecule has 0 spiro atoms. The smallest absolute Gasteiger partial charge is 0.412 e. The van der Waals surface area contributed by atoms with E-state index in [4.69, 9.17) is 13.7 Å². The number of rotatable bonds is 4. The van der Waals surface area contributed by atoms with Crippen molar-refractivity contribution in [3.8, 4) is 0 Å². The van der Waals surface area contributed by atoms with Gasteiger partial charge in [-0.25, -0.2) is 0 Å². The van der Waals surface area contributed by atoms with E-state index in [1.165, 1.54) is 43.8 Å². The fraction of sp³-hybridized carbons (Fsp3) is 0.520. The molecule has 1 heterocycles. The molecule has 1 saturated heterocycles. The van der Waals surface area contributed by atoms with E-state index >= 15 is 0 Å². The maximum absolute atomic E-state index is 6.72. The van der Waals surface area contributed by atoms with E-state index in [0.29, 0.717) is 0 Å². The standard InChI is InChI=1S/C25H37BO3Si/c1-16-12-18(3)22(19(4)13-16)30(27-11,23-20(5)14-17(2)15-21(23)6)26-28-24(7,8)25(9,10)29-26/h12-15H,1-11H3. The first kappa shape index (κ1) is 23.3. The summed E-state index contributed by atoms with van der Waals surface area (Å²) in [6.07, 6.45) is 0. The Bertz CT molecular complexity index is 861. The Kier molecular flexibility index (Phi) is 5.92. The van der Waals surface area contributed by atoms with Crippen LogP contribution in [-0.4, -0.2) is 33.2 Å². The first-order chi connectivity index (χ1) is 13.8. The highest BCUT2D eigenvalue weighted by atomic mass is 28.3. The molecule has 162 valence electrons. The van der Waals surface area contributed by atoms with Crippen molar-refractivity contribution >= 4 is 25.3 Å². The molecule has 3 rings (SSSR count). The second kappa shape index (κ2) is 7.63. The fourth-order valence-electron chi connectivity index (χ4n) is 5.20. The molecule has 0 saturated carbocycles. The highest BCUT2D eigenvalue weighted by Gasteiger charge is 2.65. The summed E-state index contributed by atoms with van der Waals surface area (Å²) in [4.78, 5) is 0. The topological polar surface area (TPSA) is 27.7 Å². The van der Waals surface area contributed by atoms with Crippen LogP contribution in [0.4, 0.5) is 0 Å². The molecule has 1 aliphatic rings. The maximum Gasteiger partial charge on any atom is 0.479 e. The van der Waals surface area contributed by atoms with Gasteiger partial charge in [0.25, 0.3) is 8.19 Å². The van der Waals surface area contributed by atoms with E-state index < -0.39 is 26.1 Å². The van der Waals surface area contributed by atoms with Gasteiger partial charge in [0.05, 0.1) is 11.2 Å². The number of hydrogen-bond donors (Lipinski definition) is 0. The molecule has 1 aliphatic heterocycles. The largest absolute Gasteiger partial charge is 0.479 e. The zero-order valence-electron chi connectivity index (χ0n) is 20.6. The van der Waals surface area contributed by atoms with Gasteiger partial charge in [-0.3, -0.25) is 0 Å². The van der Waals surface area contributed by atoms with E-state index in [1.807, 2.05) is 7.11 Å². The van der Waals surface area contributed by atoms with E-state index in [9.17, 15) is 0 Å². The summed E-state index contributed by atoms with van der Waals surface area (Å²) in [5.41, 5.74) is 6.66. The van der Waals surface area contributed by atoms with Crippen molar-refractivity contribution < 1.29 is 13.7 Å². The zero-order valence-corrected chi connectivity index (χ0v) is 21.6. The van der Waals surface area contributed by atoms with Gasteiger partial charge in [-0.05, 0) is 102 Å². The van der Waals surface area contributed by atoms with Crippen molar-refractivity contribution in [3.63, 3.8) is 0 Å². The molecule has 2 aromatic rings. The van der Waals surface area contributed by atoms with Crippen LogP contribution in [0.1, 0.15) is 61.1 Å². The quantitative estimate of drug-likeness (QED) is 0.681. The molecule has 0 atom stereocenters. The van der Waals surface area contributed by atoms with Gasteiger partial charge >= 0.3 is 6.71 Å². The monoisotopic (exact) mass is 424 g/mol. The molecule has 0 radical (unpaired) electrons. The first-order valence-corrected chi connectivity index (χ1v) is 12.8. The molecule has 2 aromatic carbocycles. The normalized spacial score (nSPS) is 18.2. The molecule has 0 aromatic heterocycles. The summed E-state index contributed by atoms with van der Waals surface area (Å²) >= 11 is 0. The van der Waals surface area contributed by atoms with Crippen molar-refractivity contribution in [1.29, 1.82) is 0 Å². The van der Waals surface area contributed by atoms with Crippen LogP contribution in [0.5, 0.6) is 0 Å². The third kappa shape index (κ3) is 3.50. The molecular formula is C25H37BO3Si. The van der Waals surface area contributed by atoms with Crippen molar-refractivity contribution in [3.05, 3.63) is 57.6 Å². The van der Waals surface area contributed by atoms with E-state index in [1.54, 1.807) is 0 Å². The lowest BCUT2D eigenvalue weighted by Gasteiger charge is -2.37. The number of hydrogen-bond acceptors (Lipinski definition) is 3. The van der Waals surface area contributed by atoms with Crippen LogP contribution in [0.25, 0.3) is 0 Å². The molecule has 0 amide bonds. The lowest BCUT2D eigenvalue weighted by atomic mass is 9.90. The van der Waals surface area contributed by atoms with E-state index in [-0.39, 0.29) is 0 Å². The third-order valence-corrected chi connectivity index (χ3v) is 11.6. The predicted molar refractivity (Wildman–Crippen MR) is 129 cm³/mol. The fourth-order valence-corrected chi connectivity index (χ4v) is 10.1. The van der Waals surface area contributed by atoms with Gasteiger partial charge in [-0.15, -0.1) is 0 Å². The number of benzene rings is 2. The molecule has 3 nitrogen and oxygen atoms in total. The molecule has 0 N–H and O–H groups in total. The molecule has 5 heteroatoms. The van der Waals surface area contributed by atoms with E-state index in [0.717, 1.165) is 0 Å². The van der Waals surface area contributed by atoms with Crippen LogP contribution in [0.3, 0.4) is 0 Å². The first-order valence-electron chi connectivity index (χ1n) is 10.8. The highest BCUT2D eigenvalue weighted by molar-refractivity contribution is 7.38. The SMILES string of the molecule is CO[Si](B1OC(C)(C)C(C)(C)O1)(c1c(C)cc(C)cc1C)c1c(C)cc(C)cc1C. The number of aryl methyl sites for hydroxylation is 6. The highest BCUT2D eigenvalue weighted by Crippen LogP contribution is 2.40. The van der Waals surface area contributed by atoms with Crippen LogP contribution >= 0.6 is 0 Å². The molecule has 0 aliphatic carbocycles. The Hall–Kier alpha value is -1.40. The van der Waals surface area contributed by atoms with Gasteiger partial charge in [0.1, 0.15) is 0 Å². The van der Waals surface area contributed by atoms with Gasteiger partial charge in [-0.1, -0.05) is 35.4 Å². The molecule has 30 heavy (non-hydrogen) atoms. The average Bonchev–Trinajstić information content (AvgIpc) is 2.79. The third-order valence-electron chi connectivity index (χ3n) is 7.00. The summed E-state index contributed by atoms with van der Waals surface area (Å²) in [5.74, 6) is 0. The summed E-state index contributed by atoms with van der Waals surface area (Å²) in [7, 11) is -1.09. The van der Waals surface area contributed by atoms with Crippen LogP contribution in [-0.2, 0) is 13.7 Å². The van der Waals surface area contributed by atoms with Crippen molar-refractivity contribution in [2.45, 2.75) is 80.4 Å². The minimum atomic E-state index is -2.93. The minimum absolute atomic E-state index is 0.423. The Morgan fingerprint density at radius 3 is 1.23 bits per heavy atom. The second-order valence-electron chi connectivity index (χ2n) is 10.1. The van der Waals surface area contributed by atoms with Crippen LogP contribution < -0.4 is 10.4 Å². The molecule has 0 bridgehead atoms. The maximum atomic E-state index is 6.72. The Balaban J connectivity index is 2.42. The summed E-state index contributed by atoms with van der Waals surface area (Å²) in [6.45, 7) is 21.1. The van der Waals surface area contributed by atoms with Gasteiger partial charge < -0.3 is 13.7 Å².